The molecule has 8 heteroatoms. The molecule has 1 aromatic heterocycles. The normalized spacial score (nSPS) is 10.9. The fourth-order valence-electron chi connectivity index (χ4n) is 4.85. The van der Waals surface area contributed by atoms with E-state index in [1.807, 2.05) is 71.8 Å². The van der Waals surface area contributed by atoms with Gasteiger partial charge >= 0.3 is 0 Å². The lowest BCUT2D eigenvalue weighted by atomic mass is 10.1. The molecule has 1 heterocycles. The minimum Gasteiger partial charge on any atom is -0.497 e. The van der Waals surface area contributed by atoms with Gasteiger partial charge in [-0.05, 0) is 60.0 Å². The summed E-state index contributed by atoms with van der Waals surface area (Å²) in [5.41, 5.74) is 3.44. The molecule has 4 rings (SSSR count). The summed E-state index contributed by atoms with van der Waals surface area (Å²) in [7, 11) is 1.66. The van der Waals surface area contributed by atoms with Crippen LogP contribution >= 0.6 is 23.2 Å². The number of rotatable bonds is 14. The molecule has 0 aliphatic rings. The van der Waals surface area contributed by atoms with Gasteiger partial charge in [0.25, 0.3) is 5.91 Å². The van der Waals surface area contributed by atoms with Gasteiger partial charge in [0.15, 0.2) is 0 Å². The number of ether oxygens (including phenoxy) is 1. The highest BCUT2D eigenvalue weighted by Gasteiger charge is 2.25. The highest BCUT2D eigenvalue weighted by molar-refractivity contribution is 6.36. The van der Waals surface area contributed by atoms with E-state index in [0.29, 0.717) is 36.8 Å². The van der Waals surface area contributed by atoms with Crippen LogP contribution in [0, 0.1) is 0 Å². The van der Waals surface area contributed by atoms with Gasteiger partial charge in [-0.15, -0.1) is 0 Å². The summed E-state index contributed by atoms with van der Waals surface area (Å²) in [4.78, 5) is 31.1. The molecule has 0 radical (unpaired) electrons. The number of unbranched alkanes of at least 4 members (excludes halogenated alkanes) is 2. The van der Waals surface area contributed by atoms with Gasteiger partial charge in [0.05, 0.1) is 24.2 Å². The van der Waals surface area contributed by atoms with Crippen LogP contribution in [0.2, 0.25) is 10.0 Å². The van der Waals surface area contributed by atoms with Crippen LogP contribution in [0.1, 0.15) is 53.4 Å². The van der Waals surface area contributed by atoms with Crippen molar-refractivity contribution < 1.29 is 14.3 Å². The molecule has 220 valence electrons. The third-order valence-corrected chi connectivity index (χ3v) is 7.69. The fraction of sp³-hybridized carbons (Fsp3) is 0.294. The molecule has 0 N–H and O–H groups in total. The number of methoxy groups -OCH3 is 1. The molecule has 0 fully saturated rings. The second-order valence-electron chi connectivity index (χ2n) is 10.3. The predicted octanol–water partition coefficient (Wildman–Crippen LogP) is 7.71. The third kappa shape index (κ3) is 8.63. The lowest BCUT2D eigenvalue weighted by Crippen LogP contribution is -2.43. The van der Waals surface area contributed by atoms with Crippen LogP contribution in [-0.4, -0.2) is 46.4 Å². The van der Waals surface area contributed by atoms with Crippen molar-refractivity contribution in [1.82, 2.24) is 14.4 Å². The summed E-state index contributed by atoms with van der Waals surface area (Å²) in [6.45, 7) is 3.97. The zero-order valence-corrected chi connectivity index (χ0v) is 25.7. The van der Waals surface area contributed by atoms with E-state index in [2.05, 4.69) is 17.6 Å². The Balaban J connectivity index is 1.58. The molecule has 0 saturated carbocycles. The quantitative estimate of drug-likeness (QED) is 0.138. The Morgan fingerprint density at radius 3 is 2.36 bits per heavy atom. The van der Waals surface area contributed by atoms with E-state index in [9.17, 15) is 9.59 Å². The molecule has 2 amide bonds. The fourth-order valence-corrected chi connectivity index (χ4v) is 5.34. The van der Waals surface area contributed by atoms with Crippen molar-refractivity contribution in [2.24, 2.45) is 0 Å². The number of hydrogen-bond acceptors (Lipinski definition) is 3. The number of carbonyl (C=O) groups excluding carboxylic acids is 2. The van der Waals surface area contributed by atoms with Gasteiger partial charge in [0, 0.05) is 36.5 Å². The van der Waals surface area contributed by atoms with Gasteiger partial charge in [-0.2, -0.15) is 0 Å². The molecule has 0 saturated heterocycles. The number of benzene rings is 3. The van der Waals surface area contributed by atoms with Gasteiger partial charge in [-0.25, -0.2) is 0 Å². The van der Waals surface area contributed by atoms with Gasteiger partial charge < -0.3 is 19.1 Å². The Bertz CT molecular complexity index is 1470. The summed E-state index contributed by atoms with van der Waals surface area (Å²) < 4.78 is 7.53. The van der Waals surface area contributed by atoms with Crippen LogP contribution < -0.4 is 4.74 Å². The predicted molar refractivity (Wildman–Crippen MR) is 169 cm³/mol. The average molecular weight is 607 g/mol. The van der Waals surface area contributed by atoms with E-state index in [-0.39, 0.29) is 23.4 Å². The summed E-state index contributed by atoms with van der Waals surface area (Å²) in [5, 5.41) is 0.730. The second kappa shape index (κ2) is 15.5. The van der Waals surface area contributed by atoms with E-state index < -0.39 is 0 Å². The lowest BCUT2D eigenvalue weighted by Gasteiger charge is -2.28. The lowest BCUT2D eigenvalue weighted by molar-refractivity contribution is -0.133. The van der Waals surface area contributed by atoms with Crippen molar-refractivity contribution in [1.29, 1.82) is 0 Å². The molecular weight excluding hydrogens is 569 g/mol. The Kier molecular flexibility index (Phi) is 11.5. The standard InChI is InChI=1S/C34H37Cl2N3O3/c1-3-4-8-18-38(34(41)31-17-16-28(35)21-32(31)36)25-33(40)39(22-26-11-6-5-7-12-26)24-29-14-10-19-37(29)23-27-13-9-15-30(20-27)42-2/h5-7,9-17,19-21H,3-4,8,18,22-25H2,1-2H3. The van der Waals surface area contributed by atoms with E-state index >= 15 is 0 Å². The summed E-state index contributed by atoms with van der Waals surface area (Å²) in [5.74, 6) is 0.390. The first-order valence-electron chi connectivity index (χ1n) is 14.2. The monoisotopic (exact) mass is 605 g/mol. The van der Waals surface area contributed by atoms with Crippen molar-refractivity contribution in [3.8, 4) is 5.75 Å². The maximum absolute atomic E-state index is 14.0. The Morgan fingerprint density at radius 2 is 1.62 bits per heavy atom. The maximum atomic E-state index is 14.0. The van der Waals surface area contributed by atoms with E-state index in [1.54, 1.807) is 30.2 Å². The molecule has 6 nitrogen and oxygen atoms in total. The average Bonchev–Trinajstić information content (AvgIpc) is 3.42. The van der Waals surface area contributed by atoms with Crippen molar-refractivity contribution in [3.05, 3.63) is 124 Å². The topological polar surface area (TPSA) is 54.8 Å². The zero-order chi connectivity index (χ0) is 29.9. The molecule has 0 atom stereocenters. The molecule has 0 aliphatic heterocycles. The third-order valence-electron chi connectivity index (χ3n) is 7.14. The zero-order valence-electron chi connectivity index (χ0n) is 24.1. The van der Waals surface area contributed by atoms with Gasteiger partial charge in [-0.1, -0.05) is 85.4 Å². The molecule has 0 spiro atoms. The molecule has 3 aromatic carbocycles. The molecule has 0 unspecified atom stereocenters. The Hall–Kier alpha value is -3.74. The minimum absolute atomic E-state index is 0.0507. The SMILES string of the molecule is CCCCCN(CC(=O)N(Cc1ccccc1)Cc1cccn1Cc1cccc(OC)c1)C(=O)c1ccc(Cl)cc1Cl. The first-order chi connectivity index (χ1) is 20.4. The highest BCUT2D eigenvalue weighted by atomic mass is 35.5. The number of aromatic nitrogens is 1. The van der Waals surface area contributed by atoms with E-state index in [1.165, 1.54) is 0 Å². The molecule has 4 aromatic rings. The molecule has 0 bridgehead atoms. The van der Waals surface area contributed by atoms with Crippen molar-refractivity contribution >= 4 is 35.0 Å². The first-order valence-corrected chi connectivity index (χ1v) is 15.0. The first kappa shape index (κ1) is 31.2. The smallest absolute Gasteiger partial charge is 0.255 e. The number of carbonyl (C=O) groups is 2. The van der Waals surface area contributed by atoms with Crippen LogP contribution in [0.15, 0.2) is 91.1 Å². The largest absolute Gasteiger partial charge is 0.497 e. The summed E-state index contributed by atoms with van der Waals surface area (Å²) in [6, 6.07) is 26.7. The number of amides is 2. The highest BCUT2D eigenvalue weighted by Crippen LogP contribution is 2.23. The Labute approximate surface area is 258 Å². The minimum atomic E-state index is -0.276. The van der Waals surface area contributed by atoms with Crippen LogP contribution in [0.25, 0.3) is 0 Å². The number of hydrogen-bond donors (Lipinski definition) is 0. The van der Waals surface area contributed by atoms with Crippen molar-refractivity contribution in [2.45, 2.75) is 45.8 Å². The van der Waals surface area contributed by atoms with Crippen molar-refractivity contribution in [3.63, 3.8) is 0 Å². The van der Waals surface area contributed by atoms with Crippen LogP contribution in [0.4, 0.5) is 0 Å². The van der Waals surface area contributed by atoms with Crippen LogP contribution in [0.3, 0.4) is 0 Å². The molecule has 0 aliphatic carbocycles. The van der Waals surface area contributed by atoms with Gasteiger partial charge in [-0.3, -0.25) is 9.59 Å². The van der Waals surface area contributed by atoms with Crippen molar-refractivity contribution in [2.75, 3.05) is 20.2 Å². The molecule has 42 heavy (non-hydrogen) atoms. The van der Waals surface area contributed by atoms with Crippen LogP contribution in [0.5, 0.6) is 5.75 Å². The molecular formula is C34H37Cl2N3O3. The van der Waals surface area contributed by atoms with Gasteiger partial charge in [0.1, 0.15) is 12.3 Å². The Morgan fingerprint density at radius 1 is 0.833 bits per heavy atom. The van der Waals surface area contributed by atoms with E-state index in [4.69, 9.17) is 27.9 Å². The maximum Gasteiger partial charge on any atom is 0.255 e. The van der Waals surface area contributed by atoms with Gasteiger partial charge in [0.2, 0.25) is 5.91 Å². The van der Waals surface area contributed by atoms with Crippen LogP contribution in [-0.2, 0) is 24.4 Å². The number of nitrogens with zero attached hydrogens (tertiary/aromatic N) is 3. The summed E-state index contributed by atoms with van der Waals surface area (Å²) in [6.07, 6.45) is 4.77. The summed E-state index contributed by atoms with van der Waals surface area (Å²) >= 11 is 12.5. The van der Waals surface area contributed by atoms with E-state index in [0.717, 1.165) is 41.8 Å². The second-order valence-corrected chi connectivity index (χ2v) is 11.1. The number of halogens is 2.